The van der Waals surface area contributed by atoms with Gasteiger partial charge in [-0.3, -0.25) is 14.4 Å². The van der Waals surface area contributed by atoms with Crippen molar-refractivity contribution in [2.24, 2.45) is 5.10 Å². The summed E-state index contributed by atoms with van der Waals surface area (Å²) in [5.74, 6) is -1.44. The number of hydrazone groups is 1. The molecule has 0 bridgehead atoms. The standard InChI is InChI=1S/C33H21N3O6/c37-19-42-32-24(33(41)36(35-32)22-11-4-2-5-12-22)13-6-1-3-9-20-15-16-23-25(17-20)31(40)28(30(23)39)29-27(38)18-21-10-7-8-14-26(21)34-29/h1-19,38-39H/b6-1+,9-3+,24-13-. The van der Waals surface area contributed by atoms with Gasteiger partial charge in [-0.2, -0.15) is 5.01 Å². The number of anilines is 1. The number of nitrogens with zero attached hydrogens (tertiary/aromatic N) is 3. The lowest BCUT2D eigenvalue weighted by Crippen LogP contribution is -2.21. The molecular weight excluding hydrogens is 534 g/mol. The van der Waals surface area contributed by atoms with Crippen LogP contribution in [-0.2, 0) is 14.3 Å². The lowest BCUT2D eigenvalue weighted by atomic mass is 10.0. The Morgan fingerprint density at radius 2 is 1.62 bits per heavy atom. The quantitative estimate of drug-likeness (QED) is 0.180. The molecule has 4 aromatic rings. The molecule has 0 atom stereocenters. The molecule has 2 aliphatic rings. The van der Waals surface area contributed by atoms with Gasteiger partial charge in [-0.05, 0) is 48.0 Å². The molecule has 0 saturated carbocycles. The Bertz CT molecular complexity index is 1940. The fourth-order valence-corrected chi connectivity index (χ4v) is 4.74. The number of aliphatic hydroxyl groups is 1. The summed E-state index contributed by atoms with van der Waals surface area (Å²) in [6.07, 6.45) is 8.20. The fraction of sp³-hybridized carbons (Fsp3) is 0. The summed E-state index contributed by atoms with van der Waals surface area (Å²) in [4.78, 5) is 41.6. The van der Waals surface area contributed by atoms with Crippen LogP contribution in [0.4, 0.5) is 5.69 Å². The van der Waals surface area contributed by atoms with Crippen LogP contribution in [-0.4, -0.2) is 39.3 Å². The first kappa shape index (κ1) is 26.1. The highest BCUT2D eigenvalue weighted by molar-refractivity contribution is 6.39. The summed E-state index contributed by atoms with van der Waals surface area (Å²) >= 11 is 0. The molecule has 1 aliphatic heterocycles. The van der Waals surface area contributed by atoms with Gasteiger partial charge >= 0.3 is 0 Å². The van der Waals surface area contributed by atoms with Gasteiger partial charge in [0.25, 0.3) is 18.3 Å². The Balaban J connectivity index is 1.20. The maximum Gasteiger partial charge on any atom is 0.299 e. The van der Waals surface area contributed by atoms with Gasteiger partial charge in [-0.1, -0.05) is 66.8 Å². The molecule has 3 aromatic carbocycles. The van der Waals surface area contributed by atoms with Gasteiger partial charge in [0.1, 0.15) is 22.8 Å². The number of carbonyl (C=O) groups is 3. The van der Waals surface area contributed by atoms with E-state index in [1.54, 1.807) is 85.0 Å². The number of aromatic nitrogens is 1. The van der Waals surface area contributed by atoms with Crippen molar-refractivity contribution in [3.63, 3.8) is 0 Å². The molecule has 2 N–H and O–H groups in total. The molecule has 9 nitrogen and oxygen atoms in total. The van der Waals surface area contributed by atoms with Crippen molar-refractivity contribution in [2.45, 2.75) is 0 Å². The second-order valence-electron chi connectivity index (χ2n) is 9.30. The van der Waals surface area contributed by atoms with Gasteiger partial charge in [0.15, 0.2) is 5.78 Å². The van der Waals surface area contributed by atoms with Gasteiger partial charge < -0.3 is 14.9 Å². The molecule has 0 fully saturated rings. The third-order valence-corrected chi connectivity index (χ3v) is 6.73. The smallest absolute Gasteiger partial charge is 0.299 e. The van der Waals surface area contributed by atoms with E-state index in [4.69, 9.17) is 4.74 Å². The van der Waals surface area contributed by atoms with Crippen LogP contribution < -0.4 is 5.01 Å². The number of para-hydroxylation sites is 2. The summed E-state index contributed by atoms with van der Waals surface area (Å²) in [5, 5.41) is 27.4. The Labute approximate surface area is 239 Å². The number of hydrogen-bond donors (Lipinski definition) is 2. The topological polar surface area (TPSA) is 129 Å². The van der Waals surface area contributed by atoms with Crippen molar-refractivity contribution in [1.29, 1.82) is 0 Å². The maximum absolute atomic E-state index is 13.3. The molecule has 204 valence electrons. The predicted molar refractivity (Wildman–Crippen MR) is 158 cm³/mol. The number of ether oxygens (including phenoxy) is 1. The van der Waals surface area contributed by atoms with Gasteiger partial charge in [0.05, 0.1) is 16.8 Å². The van der Waals surface area contributed by atoms with Crippen LogP contribution in [0.2, 0.25) is 0 Å². The number of hydrogen-bond acceptors (Lipinski definition) is 8. The Morgan fingerprint density at radius 1 is 0.833 bits per heavy atom. The number of amides is 1. The number of aliphatic hydroxyl groups excluding tert-OH is 1. The third-order valence-electron chi connectivity index (χ3n) is 6.73. The van der Waals surface area contributed by atoms with Crippen LogP contribution in [0.25, 0.3) is 28.3 Å². The number of benzene rings is 3. The minimum Gasteiger partial charge on any atom is -0.506 e. The molecular formula is C33H21N3O6. The highest BCUT2D eigenvalue weighted by Gasteiger charge is 2.34. The number of Topliss-reactive ketones (excluding diaryl/α,β-unsaturated/α-hetero) is 1. The number of pyridine rings is 1. The summed E-state index contributed by atoms with van der Waals surface area (Å²) in [7, 11) is 0. The molecule has 2 heterocycles. The zero-order chi connectivity index (χ0) is 29.2. The number of fused-ring (bicyclic) bond motifs is 2. The lowest BCUT2D eigenvalue weighted by molar-refractivity contribution is -0.121. The molecule has 0 radical (unpaired) electrons. The van der Waals surface area contributed by atoms with Crippen molar-refractivity contribution in [1.82, 2.24) is 4.98 Å². The second-order valence-corrected chi connectivity index (χ2v) is 9.30. The molecule has 1 amide bonds. The van der Waals surface area contributed by atoms with Gasteiger partial charge in [-0.15, -0.1) is 5.10 Å². The van der Waals surface area contributed by atoms with E-state index in [-0.39, 0.29) is 46.3 Å². The van der Waals surface area contributed by atoms with Gasteiger partial charge in [0.2, 0.25) is 0 Å². The molecule has 0 spiro atoms. The molecule has 1 aliphatic carbocycles. The first-order chi connectivity index (χ1) is 20.5. The highest BCUT2D eigenvalue weighted by Crippen LogP contribution is 2.40. The zero-order valence-corrected chi connectivity index (χ0v) is 21.8. The monoisotopic (exact) mass is 555 g/mol. The van der Waals surface area contributed by atoms with Crippen LogP contribution in [0.15, 0.2) is 114 Å². The summed E-state index contributed by atoms with van der Waals surface area (Å²) in [6.45, 7) is 0.211. The number of allylic oxidation sites excluding steroid dienone is 5. The van der Waals surface area contributed by atoms with Crippen LogP contribution in [0.1, 0.15) is 27.2 Å². The van der Waals surface area contributed by atoms with Crippen LogP contribution >= 0.6 is 0 Å². The molecule has 6 rings (SSSR count). The number of ketones is 1. The van der Waals surface area contributed by atoms with Crippen molar-refractivity contribution < 1.29 is 29.3 Å². The highest BCUT2D eigenvalue weighted by atomic mass is 16.5. The van der Waals surface area contributed by atoms with Crippen molar-refractivity contribution in [3.05, 3.63) is 131 Å². The van der Waals surface area contributed by atoms with Gasteiger partial charge in [-0.25, -0.2) is 4.98 Å². The summed E-state index contributed by atoms with van der Waals surface area (Å²) < 4.78 is 4.90. The van der Waals surface area contributed by atoms with Crippen LogP contribution in [0, 0.1) is 0 Å². The number of aromatic hydroxyl groups is 1. The SMILES string of the molecule is O=COC1=NN(c2ccccc2)C(=O)\C1=C/C=C/C=C/c1ccc2c(c1)C(=O)C(c1nc3ccccc3cc1O)=C2O. The first-order valence-electron chi connectivity index (χ1n) is 12.8. The Hall–Kier alpha value is -6.09. The lowest BCUT2D eigenvalue weighted by Gasteiger charge is -2.09. The molecule has 42 heavy (non-hydrogen) atoms. The van der Waals surface area contributed by atoms with Crippen molar-refractivity contribution >= 4 is 58.1 Å². The first-order valence-corrected chi connectivity index (χ1v) is 12.8. The summed E-state index contributed by atoms with van der Waals surface area (Å²) in [6, 6.07) is 22.5. The van der Waals surface area contributed by atoms with E-state index < -0.39 is 11.7 Å². The number of carbonyl (C=O) groups excluding carboxylic acids is 3. The van der Waals surface area contributed by atoms with E-state index in [2.05, 4.69) is 10.1 Å². The van der Waals surface area contributed by atoms with E-state index >= 15 is 0 Å². The largest absolute Gasteiger partial charge is 0.506 e. The van der Waals surface area contributed by atoms with Crippen LogP contribution in [0.3, 0.4) is 0 Å². The minimum atomic E-state index is -0.445. The zero-order valence-electron chi connectivity index (χ0n) is 21.8. The van der Waals surface area contributed by atoms with E-state index in [1.807, 2.05) is 12.1 Å². The number of rotatable bonds is 6. The normalized spacial score (nSPS) is 15.9. The predicted octanol–water partition coefficient (Wildman–Crippen LogP) is 5.59. The van der Waals surface area contributed by atoms with E-state index in [0.29, 0.717) is 27.7 Å². The maximum atomic E-state index is 13.3. The third kappa shape index (κ3) is 4.65. The molecule has 0 unspecified atom stereocenters. The average molecular weight is 556 g/mol. The molecule has 0 saturated heterocycles. The average Bonchev–Trinajstić information content (AvgIpc) is 3.44. The Kier molecular flexibility index (Phi) is 6.74. The van der Waals surface area contributed by atoms with Crippen LogP contribution in [0.5, 0.6) is 5.75 Å². The van der Waals surface area contributed by atoms with E-state index in [9.17, 15) is 24.6 Å². The fourth-order valence-electron chi connectivity index (χ4n) is 4.74. The second kappa shape index (κ2) is 10.8. The molecule has 9 heteroatoms. The van der Waals surface area contributed by atoms with E-state index in [0.717, 1.165) is 5.01 Å². The minimum absolute atomic E-state index is 0.0224. The Morgan fingerprint density at radius 3 is 2.43 bits per heavy atom. The van der Waals surface area contributed by atoms with Gasteiger partial charge in [0, 0.05) is 16.5 Å². The molecule has 1 aromatic heterocycles. The summed E-state index contributed by atoms with van der Waals surface area (Å²) in [5.41, 5.74) is 2.52. The van der Waals surface area contributed by atoms with Crippen molar-refractivity contribution in [2.75, 3.05) is 5.01 Å². The van der Waals surface area contributed by atoms with Crippen molar-refractivity contribution in [3.8, 4) is 5.75 Å². The van der Waals surface area contributed by atoms with E-state index in [1.165, 1.54) is 12.1 Å².